The van der Waals surface area contributed by atoms with E-state index in [9.17, 15) is 9.59 Å². The summed E-state index contributed by atoms with van der Waals surface area (Å²) in [6.45, 7) is 11.6. The predicted octanol–water partition coefficient (Wildman–Crippen LogP) is 3.26. The first kappa shape index (κ1) is 18.2. The van der Waals surface area contributed by atoms with Crippen molar-refractivity contribution in [3.8, 4) is 0 Å². The van der Waals surface area contributed by atoms with E-state index < -0.39 is 14.3 Å². The van der Waals surface area contributed by atoms with Gasteiger partial charge in [-0.05, 0) is 36.9 Å². The Morgan fingerprint density at radius 3 is 2.57 bits per heavy atom. The Labute approximate surface area is 139 Å². The van der Waals surface area contributed by atoms with E-state index in [1.54, 1.807) is 0 Å². The van der Waals surface area contributed by atoms with Gasteiger partial charge in [0.1, 0.15) is 6.26 Å². The lowest BCUT2D eigenvalue weighted by Crippen LogP contribution is -2.43. The molecule has 2 aliphatic rings. The molecule has 0 N–H and O–H groups in total. The van der Waals surface area contributed by atoms with Crippen molar-refractivity contribution in [2.24, 2.45) is 17.8 Å². The van der Waals surface area contributed by atoms with Crippen molar-refractivity contribution in [2.45, 2.75) is 51.7 Å². The standard InChI is InChI=1S/C17H28O5Si/c1-17(2,3)23(5,6)22-9-11-7-8-12-13(15(18)20-4)10-21-16(19)14(11)12/h10-12,14H,7-9H2,1-6H3/t11-,12-,14-/m1/s1. The summed E-state index contributed by atoms with van der Waals surface area (Å²) >= 11 is 0. The van der Waals surface area contributed by atoms with Crippen LogP contribution in [0.25, 0.3) is 0 Å². The van der Waals surface area contributed by atoms with Crippen molar-refractivity contribution in [3.63, 3.8) is 0 Å². The van der Waals surface area contributed by atoms with Crippen LogP contribution in [0.2, 0.25) is 18.1 Å². The van der Waals surface area contributed by atoms with E-state index >= 15 is 0 Å². The SMILES string of the molecule is COC(=O)C1=COC(=O)[C@@H]2[C@@H](CO[Si](C)(C)C(C)(C)C)CC[C@H]12. The van der Waals surface area contributed by atoms with E-state index in [1.807, 2.05) is 0 Å². The first-order valence-corrected chi connectivity index (χ1v) is 11.1. The first-order valence-electron chi connectivity index (χ1n) is 8.21. The van der Waals surface area contributed by atoms with Gasteiger partial charge in [-0.15, -0.1) is 0 Å². The molecule has 0 radical (unpaired) electrons. The molecule has 0 bridgehead atoms. The van der Waals surface area contributed by atoms with E-state index in [4.69, 9.17) is 13.9 Å². The van der Waals surface area contributed by atoms with Crippen molar-refractivity contribution in [1.82, 2.24) is 0 Å². The maximum atomic E-state index is 12.2. The Bertz CT molecular complexity index is 518. The monoisotopic (exact) mass is 340 g/mol. The van der Waals surface area contributed by atoms with Crippen LogP contribution in [0.15, 0.2) is 11.8 Å². The molecule has 6 heteroatoms. The van der Waals surface area contributed by atoms with Crippen molar-refractivity contribution < 1.29 is 23.5 Å². The summed E-state index contributed by atoms with van der Waals surface area (Å²) in [5.41, 5.74) is 0.479. The van der Waals surface area contributed by atoms with Crippen LogP contribution in [-0.4, -0.2) is 34.0 Å². The van der Waals surface area contributed by atoms with Crippen LogP contribution in [0.4, 0.5) is 0 Å². The molecule has 1 fully saturated rings. The van der Waals surface area contributed by atoms with Gasteiger partial charge in [0.25, 0.3) is 0 Å². The molecule has 0 aromatic heterocycles. The van der Waals surface area contributed by atoms with Gasteiger partial charge < -0.3 is 13.9 Å². The number of hydrogen-bond acceptors (Lipinski definition) is 5. The van der Waals surface area contributed by atoms with Crippen LogP contribution in [0.5, 0.6) is 0 Å². The normalized spacial score (nSPS) is 28.0. The summed E-state index contributed by atoms with van der Waals surface area (Å²) in [5.74, 6) is -0.937. The van der Waals surface area contributed by atoms with Gasteiger partial charge in [0.05, 0.1) is 18.6 Å². The number of cyclic esters (lactones) is 1. The molecule has 0 amide bonds. The first-order chi connectivity index (χ1) is 10.6. The molecule has 1 saturated carbocycles. The average Bonchev–Trinajstić information content (AvgIpc) is 2.88. The Balaban J connectivity index is 2.09. The quantitative estimate of drug-likeness (QED) is 0.580. The number of carbonyl (C=O) groups is 2. The van der Waals surface area contributed by atoms with Gasteiger partial charge in [-0.1, -0.05) is 20.8 Å². The van der Waals surface area contributed by atoms with Crippen LogP contribution >= 0.6 is 0 Å². The summed E-state index contributed by atoms with van der Waals surface area (Å²) in [6.07, 6.45) is 2.94. The zero-order valence-electron chi connectivity index (χ0n) is 15.0. The minimum atomic E-state index is -1.86. The maximum Gasteiger partial charge on any atom is 0.337 e. The van der Waals surface area contributed by atoms with Gasteiger partial charge in [-0.25, -0.2) is 4.79 Å². The molecule has 1 aliphatic carbocycles. The molecule has 0 unspecified atom stereocenters. The van der Waals surface area contributed by atoms with Crippen molar-refractivity contribution in [1.29, 1.82) is 0 Å². The van der Waals surface area contributed by atoms with E-state index in [0.29, 0.717) is 12.2 Å². The van der Waals surface area contributed by atoms with E-state index in [-0.39, 0.29) is 28.8 Å². The molecule has 2 rings (SSSR count). The zero-order chi connectivity index (χ0) is 17.4. The predicted molar refractivity (Wildman–Crippen MR) is 89.0 cm³/mol. The van der Waals surface area contributed by atoms with Crippen molar-refractivity contribution >= 4 is 20.3 Å². The highest BCUT2D eigenvalue weighted by atomic mass is 28.4. The van der Waals surface area contributed by atoms with Gasteiger partial charge in [-0.3, -0.25) is 4.79 Å². The van der Waals surface area contributed by atoms with Crippen molar-refractivity contribution in [3.05, 3.63) is 11.8 Å². The van der Waals surface area contributed by atoms with Crippen LogP contribution < -0.4 is 0 Å². The van der Waals surface area contributed by atoms with Gasteiger partial charge in [0, 0.05) is 12.5 Å². The largest absolute Gasteiger partial charge is 0.466 e. The van der Waals surface area contributed by atoms with Crippen LogP contribution in [0.3, 0.4) is 0 Å². The zero-order valence-corrected chi connectivity index (χ0v) is 16.0. The molecule has 1 aliphatic heterocycles. The molecular formula is C17H28O5Si. The molecule has 0 aromatic carbocycles. The lowest BCUT2D eigenvalue weighted by Gasteiger charge is -2.37. The fourth-order valence-electron chi connectivity index (χ4n) is 3.11. The second-order valence-electron chi connectivity index (χ2n) is 8.04. The Morgan fingerprint density at radius 2 is 2.00 bits per heavy atom. The van der Waals surface area contributed by atoms with Crippen LogP contribution in [0, 0.1) is 17.8 Å². The number of ether oxygens (including phenoxy) is 2. The third-order valence-corrected chi connectivity index (χ3v) is 10.1. The number of hydrogen-bond donors (Lipinski definition) is 0. The lowest BCUT2D eigenvalue weighted by molar-refractivity contribution is -0.149. The minimum Gasteiger partial charge on any atom is -0.466 e. The fraction of sp³-hybridized carbons (Fsp3) is 0.765. The number of rotatable bonds is 4. The van der Waals surface area contributed by atoms with Gasteiger partial charge in [0.2, 0.25) is 0 Å². The summed E-state index contributed by atoms with van der Waals surface area (Å²) < 4.78 is 16.2. The second-order valence-corrected chi connectivity index (χ2v) is 12.9. The molecule has 0 spiro atoms. The summed E-state index contributed by atoms with van der Waals surface area (Å²) in [5, 5.41) is 0.134. The molecular weight excluding hydrogens is 312 g/mol. The highest BCUT2D eigenvalue weighted by Gasteiger charge is 2.49. The number of methoxy groups -OCH3 is 1. The van der Waals surface area contributed by atoms with Crippen LogP contribution in [0.1, 0.15) is 33.6 Å². The molecule has 0 saturated heterocycles. The summed E-state index contributed by atoms with van der Waals surface area (Å²) in [7, 11) is -0.506. The maximum absolute atomic E-state index is 12.2. The Kier molecular flexibility index (Phi) is 5.06. The summed E-state index contributed by atoms with van der Waals surface area (Å²) in [6, 6.07) is 0. The third-order valence-electron chi connectivity index (χ3n) is 5.65. The van der Waals surface area contributed by atoms with Crippen LogP contribution in [-0.2, 0) is 23.5 Å². The Morgan fingerprint density at radius 1 is 1.35 bits per heavy atom. The molecule has 0 aromatic rings. The van der Waals surface area contributed by atoms with Crippen molar-refractivity contribution in [2.75, 3.05) is 13.7 Å². The number of esters is 2. The molecule has 5 nitrogen and oxygen atoms in total. The van der Waals surface area contributed by atoms with E-state index in [2.05, 4.69) is 33.9 Å². The highest BCUT2D eigenvalue weighted by molar-refractivity contribution is 6.74. The second kappa shape index (κ2) is 6.40. The van der Waals surface area contributed by atoms with E-state index in [1.165, 1.54) is 13.4 Å². The molecule has 23 heavy (non-hydrogen) atoms. The van der Waals surface area contributed by atoms with Gasteiger partial charge in [-0.2, -0.15) is 0 Å². The highest BCUT2D eigenvalue weighted by Crippen LogP contribution is 2.46. The molecule has 130 valence electrons. The van der Waals surface area contributed by atoms with E-state index in [0.717, 1.165) is 12.8 Å². The molecule has 3 atom stereocenters. The average molecular weight is 340 g/mol. The van der Waals surface area contributed by atoms with Gasteiger partial charge >= 0.3 is 11.9 Å². The summed E-state index contributed by atoms with van der Waals surface area (Å²) in [4.78, 5) is 24.1. The number of carbonyl (C=O) groups excluding carboxylic acids is 2. The lowest BCUT2D eigenvalue weighted by atomic mass is 9.84. The van der Waals surface area contributed by atoms with Gasteiger partial charge in [0.15, 0.2) is 8.32 Å². The fourth-order valence-corrected chi connectivity index (χ4v) is 4.17. The molecule has 1 heterocycles. The smallest absolute Gasteiger partial charge is 0.337 e. The Hall–Kier alpha value is -1.14. The third kappa shape index (κ3) is 3.53. The topological polar surface area (TPSA) is 61.8 Å². The number of fused-ring (bicyclic) bond motifs is 1. The minimum absolute atomic E-state index is 0.100.